The number of nitrogens with one attached hydrogen (secondary N) is 1. The fourth-order valence-corrected chi connectivity index (χ4v) is 1.62. The van der Waals surface area contributed by atoms with Gasteiger partial charge < -0.3 is 5.32 Å². The summed E-state index contributed by atoms with van der Waals surface area (Å²) in [4.78, 5) is 4.33. The first-order chi connectivity index (χ1) is 6.55. The average molecular weight is 192 g/mol. The molecular weight excluding hydrogens is 172 g/mol. The van der Waals surface area contributed by atoms with Crippen molar-refractivity contribution in [2.75, 3.05) is 5.32 Å². The van der Waals surface area contributed by atoms with Gasteiger partial charge in [-0.2, -0.15) is 0 Å². The SMILES string of the molecule is CCCC(C)(C)Nc1ncccc1C. The predicted octanol–water partition coefficient (Wildman–Crippen LogP) is 3.38. The molecule has 0 saturated heterocycles. The summed E-state index contributed by atoms with van der Waals surface area (Å²) in [5, 5.41) is 3.48. The molecule has 1 aromatic rings. The normalized spacial score (nSPS) is 11.4. The monoisotopic (exact) mass is 192 g/mol. The first kappa shape index (κ1) is 11.0. The maximum atomic E-state index is 4.33. The number of aryl methyl sites for hydroxylation is 1. The number of pyridine rings is 1. The van der Waals surface area contributed by atoms with Gasteiger partial charge in [0.1, 0.15) is 5.82 Å². The third-order valence-electron chi connectivity index (χ3n) is 2.34. The van der Waals surface area contributed by atoms with Crippen LogP contribution in [0.4, 0.5) is 5.82 Å². The van der Waals surface area contributed by atoms with E-state index in [2.05, 4.69) is 44.1 Å². The minimum absolute atomic E-state index is 0.133. The van der Waals surface area contributed by atoms with Gasteiger partial charge in [-0.1, -0.05) is 19.4 Å². The van der Waals surface area contributed by atoms with Gasteiger partial charge in [0.25, 0.3) is 0 Å². The molecule has 0 aromatic carbocycles. The zero-order chi connectivity index (χ0) is 10.6. The molecule has 0 aliphatic rings. The van der Waals surface area contributed by atoms with Crippen molar-refractivity contribution in [1.29, 1.82) is 0 Å². The summed E-state index contributed by atoms with van der Waals surface area (Å²) >= 11 is 0. The number of aromatic nitrogens is 1. The van der Waals surface area contributed by atoms with Gasteiger partial charge in [-0.05, 0) is 38.8 Å². The summed E-state index contributed by atoms with van der Waals surface area (Å²) in [5.41, 5.74) is 1.34. The van der Waals surface area contributed by atoms with E-state index < -0.39 is 0 Å². The Kier molecular flexibility index (Phi) is 3.50. The van der Waals surface area contributed by atoms with Crippen molar-refractivity contribution in [3.8, 4) is 0 Å². The van der Waals surface area contributed by atoms with E-state index in [1.165, 1.54) is 12.0 Å². The van der Waals surface area contributed by atoms with Gasteiger partial charge in [-0.25, -0.2) is 4.98 Å². The van der Waals surface area contributed by atoms with Crippen molar-refractivity contribution >= 4 is 5.82 Å². The number of hydrogen-bond acceptors (Lipinski definition) is 2. The van der Waals surface area contributed by atoms with Crippen molar-refractivity contribution in [3.63, 3.8) is 0 Å². The summed E-state index contributed by atoms with van der Waals surface area (Å²) in [7, 11) is 0. The van der Waals surface area contributed by atoms with Crippen molar-refractivity contribution in [2.24, 2.45) is 0 Å². The van der Waals surface area contributed by atoms with E-state index in [-0.39, 0.29) is 5.54 Å². The van der Waals surface area contributed by atoms with Crippen LogP contribution in [0.25, 0.3) is 0 Å². The van der Waals surface area contributed by atoms with E-state index in [0.29, 0.717) is 0 Å². The Hall–Kier alpha value is -1.05. The van der Waals surface area contributed by atoms with Crippen LogP contribution in [0.2, 0.25) is 0 Å². The third kappa shape index (κ3) is 3.02. The highest BCUT2D eigenvalue weighted by Crippen LogP contribution is 2.19. The summed E-state index contributed by atoms with van der Waals surface area (Å²) in [6.07, 6.45) is 4.17. The van der Waals surface area contributed by atoms with E-state index >= 15 is 0 Å². The second-order valence-corrected chi connectivity index (χ2v) is 4.43. The maximum Gasteiger partial charge on any atom is 0.129 e. The van der Waals surface area contributed by atoms with E-state index in [4.69, 9.17) is 0 Å². The van der Waals surface area contributed by atoms with Gasteiger partial charge in [0, 0.05) is 11.7 Å². The molecule has 2 nitrogen and oxygen atoms in total. The van der Waals surface area contributed by atoms with Crippen LogP contribution in [0.1, 0.15) is 39.2 Å². The summed E-state index contributed by atoms with van der Waals surface area (Å²) in [6, 6.07) is 4.05. The summed E-state index contributed by atoms with van der Waals surface area (Å²) < 4.78 is 0. The molecule has 0 bridgehead atoms. The molecule has 78 valence electrons. The van der Waals surface area contributed by atoms with E-state index in [1.54, 1.807) is 0 Å². The van der Waals surface area contributed by atoms with E-state index in [1.807, 2.05) is 12.3 Å². The van der Waals surface area contributed by atoms with Crippen molar-refractivity contribution < 1.29 is 0 Å². The number of nitrogens with zero attached hydrogens (tertiary/aromatic N) is 1. The van der Waals surface area contributed by atoms with Crippen LogP contribution in [0, 0.1) is 6.92 Å². The summed E-state index contributed by atoms with van der Waals surface area (Å²) in [6.45, 7) is 8.71. The molecule has 1 rings (SSSR count). The highest BCUT2D eigenvalue weighted by Gasteiger charge is 2.16. The van der Waals surface area contributed by atoms with Gasteiger partial charge in [-0.15, -0.1) is 0 Å². The second kappa shape index (κ2) is 4.45. The molecular formula is C12H20N2. The minimum atomic E-state index is 0.133. The second-order valence-electron chi connectivity index (χ2n) is 4.43. The van der Waals surface area contributed by atoms with Crippen LogP contribution in [0.15, 0.2) is 18.3 Å². The smallest absolute Gasteiger partial charge is 0.129 e. The van der Waals surface area contributed by atoms with Crippen LogP contribution >= 0.6 is 0 Å². The van der Waals surface area contributed by atoms with Crippen molar-refractivity contribution in [1.82, 2.24) is 4.98 Å². The number of hydrogen-bond donors (Lipinski definition) is 1. The lowest BCUT2D eigenvalue weighted by Gasteiger charge is -2.27. The Balaban J connectivity index is 2.73. The molecule has 0 unspecified atom stereocenters. The van der Waals surface area contributed by atoms with Gasteiger partial charge in [0.15, 0.2) is 0 Å². The molecule has 0 amide bonds. The molecule has 0 atom stereocenters. The summed E-state index contributed by atoms with van der Waals surface area (Å²) in [5.74, 6) is 1.01. The van der Waals surface area contributed by atoms with Crippen LogP contribution in [0.3, 0.4) is 0 Å². The quantitative estimate of drug-likeness (QED) is 0.791. The lowest BCUT2D eigenvalue weighted by Crippen LogP contribution is -2.31. The Morgan fingerprint density at radius 1 is 1.43 bits per heavy atom. The Labute approximate surface area is 86.8 Å². The van der Waals surface area contributed by atoms with Crippen molar-refractivity contribution in [3.05, 3.63) is 23.9 Å². The zero-order valence-electron chi connectivity index (χ0n) is 9.59. The highest BCUT2D eigenvalue weighted by atomic mass is 15.0. The Bertz CT molecular complexity index is 292. The third-order valence-corrected chi connectivity index (χ3v) is 2.34. The molecule has 14 heavy (non-hydrogen) atoms. The fraction of sp³-hybridized carbons (Fsp3) is 0.583. The molecule has 0 radical (unpaired) electrons. The van der Waals surface area contributed by atoms with Crippen LogP contribution < -0.4 is 5.32 Å². The molecule has 1 N–H and O–H groups in total. The van der Waals surface area contributed by atoms with Crippen molar-refractivity contribution in [2.45, 2.75) is 46.1 Å². The molecule has 0 aliphatic carbocycles. The molecule has 2 heteroatoms. The molecule has 0 saturated carbocycles. The number of anilines is 1. The topological polar surface area (TPSA) is 24.9 Å². The molecule has 1 aromatic heterocycles. The molecule has 1 heterocycles. The van der Waals surface area contributed by atoms with Gasteiger partial charge in [0.2, 0.25) is 0 Å². The molecule has 0 fully saturated rings. The lowest BCUT2D eigenvalue weighted by molar-refractivity contribution is 0.508. The first-order valence-corrected chi connectivity index (χ1v) is 5.25. The lowest BCUT2D eigenvalue weighted by atomic mass is 9.99. The first-order valence-electron chi connectivity index (χ1n) is 5.25. The highest BCUT2D eigenvalue weighted by molar-refractivity contribution is 5.44. The largest absolute Gasteiger partial charge is 0.365 e. The van der Waals surface area contributed by atoms with Gasteiger partial charge in [-0.3, -0.25) is 0 Å². The molecule has 0 aliphatic heterocycles. The zero-order valence-corrected chi connectivity index (χ0v) is 9.59. The fourth-order valence-electron chi connectivity index (χ4n) is 1.62. The number of rotatable bonds is 4. The van der Waals surface area contributed by atoms with Crippen LogP contribution in [-0.2, 0) is 0 Å². The minimum Gasteiger partial charge on any atom is -0.365 e. The van der Waals surface area contributed by atoms with Crippen LogP contribution in [0.5, 0.6) is 0 Å². The standard InChI is InChI=1S/C12H20N2/c1-5-8-12(3,4)14-11-10(2)7-6-9-13-11/h6-7,9H,5,8H2,1-4H3,(H,13,14). The van der Waals surface area contributed by atoms with Gasteiger partial charge in [0.05, 0.1) is 0 Å². The van der Waals surface area contributed by atoms with Crippen LogP contribution in [-0.4, -0.2) is 10.5 Å². The van der Waals surface area contributed by atoms with E-state index in [0.717, 1.165) is 12.2 Å². The Morgan fingerprint density at radius 2 is 2.14 bits per heavy atom. The molecule has 0 spiro atoms. The maximum absolute atomic E-state index is 4.33. The predicted molar refractivity (Wildman–Crippen MR) is 61.6 cm³/mol. The van der Waals surface area contributed by atoms with E-state index in [9.17, 15) is 0 Å². The average Bonchev–Trinajstić information content (AvgIpc) is 2.08. The van der Waals surface area contributed by atoms with Gasteiger partial charge >= 0.3 is 0 Å². The Morgan fingerprint density at radius 3 is 2.71 bits per heavy atom.